The van der Waals surface area contributed by atoms with E-state index in [4.69, 9.17) is 21.3 Å². The quantitative estimate of drug-likeness (QED) is 0.490. The molecule has 2 aliphatic carbocycles. The van der Waals surface area contributed by atoms with Crippen molar-refractivity contribution in [3.8, 4) is 11.3 Å². The van der Waals surface area contributed by atoms with Crippen molar-refractivity contribution in [2.45, 2.75) is 70.6 Å². The fourth-order valence-corrected chi connectivity index (χ4v) is 6.51. The Kier molecular flexibility index (Phi) is 6.33. The molecule has 0 unspecified atom stereocenters. The second-order valence-corrected chi connectivity index (χ2v) is 11.1. The normalized spacial score (nSPS) is 26.3. The second-order valence-electron chi connectivity index (χ2n) is 10.7. The molecule has 0 bridgehead atoms. The monoisotopic (exact) mass is 509 g/mol. The van der Waals surface area contributed by atoms with Gasteiger partial charge in [-0.15, -0.1) is 0 Å². The summed E-state index contributed by atoms with van der Waals surface area (Å²) >= 11 is 6.29. The SMILES string of the molecule is C[C@H]1CC[C@H](Cn2c(N3CCO[C@@H]4CCC[C@H]43)nc3cc(C(=O)O)nc(-c4cncc(Cl)c4)c32)CC1. The number of aromatic carboxylic acids is 1. The van der Waals surface area contributed by atoms with E-state index in [2.05, 4.69) is 26.4 Å². The largest absolute Gasteiger partial charge is 0.477 e. The van der Waals surface area contributed by atoms with Gasteiger partial charge in [0.1, 0.15) is 0 Å². The van der Waals surface area contributed by atoms with Gasteiger partial charge in [0.15, 0.2) is 5.69 Å². The fourth-order valence-electron chi connectivity index (χ4n) is 6.33. The Balaban J connectivity index is 1.55. The van der Waals surface area contributed by atoms with E-state index in [-0.39, 0.29) is 11.8 Å². The molecule has 8 nitrogen and oxygen atoms in total. The molecule has 36 heavy (non-hydrogen) atoms. The van der Waals surface area contributed by atoms with Crippen LogP contribution in [-0.2, 0) is 11.3 Å². The molecule has 4 heterocycles. The van der Waals surface area contributed by atoms with Gasteiger partial charge >= 0.3 is 5.97 Å². The number of ether oxygens (including phenoxy) is 1. The number of imidazole rings is 1. The van der Waals surface area contributed by atoms with Crippen LogP contribution in [0.15, 0.2) is 24.5 Å². The standard InChI is InChI=1S/C27H32ClN5O3/c1-16-5-7-17(8-6-16)15-33-25-20(31-27(33)32-9-10-36-23-4-2-3-22(23)32)12-21(26(34)35)30-24(25)18-11-19(28)14-29-13-18/h11-14,16-17,22-23H,2-10,15H2,1H3,(H,34,35)/t16-,17-,22-,23-/m1/s1. The van der Waals surface area contributed by atoms with E-state index in [0.717, 1.165) is 49.7 Å². The second kappa shape index (κ2) is 9.63. The van der Waals surface area contributed by atoms with Gasteiger partial charge < -0.3 is 19.3 Å². The van der Waals surface area contributed by atoms with Gasteiger partial charge in [0.25, 0.3) is 0 Å². The van der Waals surface area contributed by atoms with Crippen molar-refractivity contribution in [3.05, 3.63) is 35.2 Å². The Labute approximate surface area is 215 Å². The zero-order valence-electron chi connectivity index (χ0n) is 20.6. The third-order valence-corrected chi connectivity index (χ3v) is 8.42. The first-order valence-electron chi connectivity index (χ1n) is 13.1. The average Bonchev–Trinajstić information content (AvgIpc) is 3.50. The summed E-state index contributed by atoms with van der Waals surface area (Å²) in [4.78, 5) is 28.4. The summed E-state index contributed by atoms with van der Waals surface area (Å²) in [6.45, 7) is 4.63. The molecule has 3 aromatic rings. The Morgan fingerprint density at radius 2 is 1.97 bits per heavy atom. The third-order valence-electron chi connectivity index (χ3n) is 8.22. The smallest absolute Gasteiger partial charge is 0.354 e. The van der Waals surface area contributed by atoms with Crippen LogP contribution in [0.2, 0.25) is 5.02 Å². The molecule has 6 rings (SSSR count). The summed E-state index contributed by atoms with van der Waals surface area (Å²) in [6.07, 6.45) is 11.6. The van der Waals surface area contributed by atoms with Gasteiger partial charge in [-0.1, -0.05) is 31.4 Å². The lowest BCUT2D eigenvalue weighted by Crippen LogP contribution is -2.49. The number of nitrogens with zero attached hydrogens (tertiary/aromatic N) is 5. The average molecular weight is 510 g/mol. The van der Waals surface area contributed by atoms with E-state index in [0.29, 0.717) is 40.4 Å². The summed E-state index contributed by atoms with van der Waals surface area (Å²) in [5.41, 5.74) is 2.75. The van der Waals surface area contributed by atoms with Crippen molar-refractivity contribution in [1.82, 2.24) is 19.5 Å². The molecule has 2 saturated carbocycles. The van der Waals surface area contributed by atoms with Crippen LogP contribution < -0.4 is 4.90 Å². The number of rotatable bonds is 5. The first kappa shape index (κ1) is 23.7. The highest BCUT2D eigenvalue weighted by Gasteiger charge is 2.39. The molecule has 0 aromatic carbocycles. The number of anilines is 1. The lowest BCUT2D eigenvalue weighted by molar-refractivity contribution is 0.0247. The van der Waals surface area contributed by atoms with Crippen molar-refractivity contribution in [2.75, 3.05) is 18.1 Å². The minimum absolute atomic E-state index is 0.0270. The molecule has 1 N–H and O–H groups in total. The van der Waals surface area contributed by atoms with Crippen LogP contribution in [0.5, 0.6) is 0 Å². The highest BCUT2D eigenvalue weighted by molar-refractivity contribution is 6.30. The summed E-state index contributed by atoms with van der Waals surface area (Å²) in [5, 5.41) is 10.3. The minimum Gasteiger partial charge on any atom is -0.477 e. The van der Waals surface area contributed by atoms with Crippen molar-refractivity contribution in [2.24, 2.45) is 11.8 Å². The Bertz CT molecular complexity index is 1290. The Morgan fingerprint density at radius 3 is 2.75 bits per heavy atom. The molecule has 0 spiro atoms. The number of carboxylic acids is 1. The Morgan fingerprint density at radius 1 is 1.14 bits per heavy atom. The van der Waals surface area contributed by atoms with Gasteiger partial charge in [0.05, 0.1) is 40.5 Å². The molecule has 1 saturated heterocycles. The zero-order chi connectivity index (χ0) is 24.8. The predicted octanol–water partition coefficient (Wildman–Crippen LogP) is 5.43. The number of fused-ring (bicyclic) bond motifs is 2. The van der Waals surface area contributed by atoms with Crippen LogP contribution in [0.25, 0.3) is 22.3 Å². The van der Waals surface area contributed by atoms with E-state index in [1.165, 1.54) is 25.7 Å². The maximum atomic E-state index is 12.0. The molecular formula is C27H32ClN5O3. The van der Waals surface area contributed by atoms with Crippen molar-refractivity contribution < 1.29 is 14.6 Å². The third kappa shape index (κ3) is 4.34. The number of hydrogen-bond donors (Lipinski definition) is 1. The van der Waals surface area contributed by atoms with Crippen LogP contribution in [0.3, 0.4) is 0 Å². The van der Waals surface area contributed by atoms with Crippen LogP contribution in [0.1, 0.15) is 62.4 Å². The predicted molar refractivity (Wildman–Crippen MR) is 139 cm³/mol. The molecule has 1 aliphatic heterocycles. The summed E-state index contributed by atoms with van der Waals surface area (Å²) in [5.74, 6) is 1.14. The highest BCUT2D eigenvalue weighted by Crippen LogP contribution is 2.39. The van der Waals surface area contributed by atoms with Gasteiger partial charge in [0, 0.05) is 31.0 Å². The summed E-state index contributed by atoms with van der Waals surface area (Å²) in [6, 6.07) is 3.70. The molecule has 0 amide bonds. The summed E-state index contributed by atoms with van der Waals surface area (Å²) < 4.78 is 8.41. The van der Waals surface area contributed by atoms with E-state index < -0.39 is 5.97 Å². The van der Waals surface area contributed by atoms with Gasteiger partial charge in [-0.25, -0.2) is 14.8 Å². The summed E-state index contributed by atoms with van der Waals surface area (Å²) in [7, 11) is 0. The number of morpholine rings is 1. The van der Waals surface area contributed by atoms with Gasteiger partial charge in [-0.2, -0.15) is 0 Å². The van der Waals surface area contributed by atoms with Crippen LogP contribution in [0.4, 0.5) is 5.95 Å². The topological polar surface area (TPSA) is 93.4 Å². The van der Waals surface area contributed by atoms with E-state index in [9.17, 15) is 9.90 Å². The van der Waals surface area contributed by atoms with E-state index in [1.807, 2.05) is 0 Å². The molecule has 0 radical (unpaired) electrons. The number of aromatic nitrogens is 4. The molecule has 3 fully saturated rings. The zero-order valence-corrected chi connectivity index (χ0v) is 21.3. The van der Waals surface area contributed by atoms with E-state index >= 15 is 0 Å². The fraction of sp³-hybridized carbons (Fsp3) is 0.556. The number of carboxylic acid groups (broad SMARTS) is 1. The maximum Gasteiger partial charge on any atom is 0.354 e. The van der Waals surface area contributed by atoms with E-state index in [1.54, 1.807) is 24.5 Å². The lowest BCUT2D eigenvalue weighted by atomic mass is 9.83. The first-order chi connectivity index (χ1) is 17.5. The Hall–Kier alpha value is -2.71. The molecule has 3 aliphatic rings. The van der Waals surface area contributed by atoms with Crippen LogP contribution >= 0.6 is 11.6 Å². The van der Waals surface area contributed by atoms with Crippen molar-refractivity contribution in [3.63, 3.8) is 0 Å². The van der Waals surface area contributed by atoms with Crippen LogP contribution in [0, 0.1) is 11.8 Å². The number of hydrogen-bond acceptors (Lipinski definition) is 6. The van der Waals surface area contributed by atoms with Crippen LogP contribution in [-0.4, -0.2) is 55.9 Å². The molecule has 3 aromatic heterocycles. The minimum atomic E-state index is -1.08. The van der Waals surface area contributed by atoms with Crippen molar-refractivity contribution >= 4 is 34.6 Å². The molecule has 9 heteroatoms. The first-order valence-corrected chi connectivity index (χ1v) is 13.5. The molecular weight excluding hydrogens is 478 g/mol. The number of halogens is 1. The maximum absolute atomic E-state index is 12.0. The van der Waals surface area contributed by atoms with Gasteiger partial charge in [-0.05, 0) is 56.1 Å². The lowest BCUT2D eigenvalue weighted by Gasteiger charge is -2.39. The number of carbonyl (C=O) groups is 1. The van der Waals surface area contributed by atoms with Gasteiger partial charge in [0.2, 0.25) is 5.95 Å². The molecule has 190 valence electrons. The molecule has 2 atom stereocenters. The highest BCUT2D eigenvalue weighted by atomic mass is 35.5. The van der Waals surface area contributed by atoms with Crippen molar-refractivity contribution in [1.29, 1.82) is 0 Å². The van der Waals surface area contributed by atoms with Gasteiger partial charge in [-0.3, -0.25) is 4.98 Å². The number of pyridine rings is 2.